The number of carbonyl (C=O) groups is 1. The van der Waals surface area contributed by atoms with Crippen molar-refractivity contribution in [2.24, 2.45) is 7.05 Å². The summed E-state index contributed by atoms with van der Waals surface area (Å²) in [5.74, 6) is -1.06. The Balaban J connectivity index is 2.75. The molecule has 2 aromatic rings. The van der Waals surface area contributed by atoms with E-state index < -0.39 is 5.97 Å². The highest BCUT2D eigenvalue weighted by molar-refractivity contribution is 5.93. The molecule has 0 amide bonds. The summed E-state index contributed by atoms with van der Waals surface area (Å²) in [5.41, 5.74) is 3.05. The number of carboxylic acids is 1. The molecule has 0 radical (unpaired) electrons. The normalized spacial score (nSPS) is 11.3. The van der Waals surface area contributed by atoms with Gasteiger partial charge in [-0.15, -0.1) is 5.10 Å². The largest absolute Gasteiger partial charge is 0.476 e. The van der Waals surface area contributed by atoms with Gasteiger partial charge in [0.1, 0.15) is 5.69 Å². The van der Waals surface area contributed by atoms with Gasteiger partial charge < -0.3 is 5.11 Å². The Morgan fingerprint density at radius 3 is 2.33 bits per heavy atom. The predicted octanol–water partition coefficient (Wildman–Crippen LogP) is 2.35. The van der Waals surface area contributed by atoms with E-state index in [9.17, 15) is 9.90 Å². The average Bonchev–Trinajstić information content (AvgIpc) is 2.94. The topological polar surface area (TPSA) is 85.8 Å². The molecule has 0 bridgehead atoms. The number of rotatable bonds is 5. The fourth-order valence-corrected chi connectivity index (χ4v) is 2.68. The molecule has 0 fully saturated rings. The van der Waals surface area contributed by atoms with Crippen molar-refractivity contribution in [1.29, 1.82) is 0 Å². The standard InChI is InChI=1S/C14H21N5O2/c1-6-10(7-2)19-13(12(14(20)21)15-17-19)11-8(3)16-18(5)9(11)4/h10H,6-7H2,1-5H3,(H,20,21). The maximum atomic E-state index is 11.5. The quantitative estimate of drug-likeness (QED) is 0.913. The van der Waals surface area contributed by atoms with Gasteiger partial charge in [0.2, 0.25) is 0 Å². The highest BCUT2D eigenvalue weighted by atomic mass is 16.4. The van der Waals surface area contributed by atoms with E-state index in [1.807, 2.05) is 20.9 Å². The van der Waals surface area contributed by atoms with E-state index in [4.69, 9.17) is 0 Å². The second kappa shape index (κ2) is 5.67. The van der Waals surface area contributed by atoms with Gasteiger partial charge in [0.25, 0.3) is 0 Å². The summed E-state index contributed by atoms with van der Waals surface area (Å²) in [6, 6.07) is 0.125. The third-order valence-corrected chi connectivity index (χ3v) is 3.93. The van der Waals surface area contributed by atoms with Crippen LogP contribution in [0.15, 0.2) is 0 Å². The first kappa shape index (κ1) is 15.2. The molecular formula is C14H21N5O2. The molecule has 0 saturated carbocycles. The van der Waals surface area contributed by atoms with Crippen molar-refractivity contribution < 1.29 is 9.90 Å². The maximum absolute atomic E-state index is 11.5. The highest BCUT2D eigenvalue weighted by Crippen LogP contribution is 2.32. The van der Waals surface area contributed by atoms with Crippen LogP contribution in [-0.2, 0) is 7.05 Å². The van der Waals surface area contributed by atoms with Crippen LogP contribution in [0.5, 0.6) is 0 Å². The summed E-state index contributed by atoms with van der Waals surface area (Å²) >= 11 is 0. The van der Waals surface area contributed by atoms with Crippen molar-refractivity contribution in [2.45, 2.75) is 46.6 Å². The molecule has 1 N–H and O–H groups in total. The second-order valence-electron chi connectivity index (χ2n) is 5.18. The van der Waals surface area contributed by atoms with Gasteiger partial charge in [0.05, 0.1) is 11.7 Å². The van der Waals surface area contributed by atoms with Gasteiger partial charge in [0, 0.05) is 18.3 Å². The first-order chi connectivity index (χ1) is 9.92. The maximum Gasteiger partial charge on any atom is 0.358 e. The zero-order valence-corrected chi connectivity index (χ0v) is 13.1. The molecule has 0 saturated heterocycles. The molecule has 7 nitrogen and oxygen atoms in total. The second-order valence-corrected chi connectivity index (χ2v) is 5.18. The summed E-state index contributed by atoms with van der Waals surface area (Å²) in [7, 11) is 1.84. The van der Waals surface area contributed by atoms with Gasteiger partial charge in [-0.1, -0.05) is 19.1 Å². The van der Waals surface area contributed by atoms with Gasteiger partial charge in [-0.2, -0.15) is 5.10 Å². The summed E-state index contributed by atoms with van der Waals surface area (Å²) in [6.07, 6.45) is 1.73. The van der Waals surface area contributed by atoms with Crippen LogP contribution in [0.3, 0.4) is 0 Å². The lowest BCUT2D eigenvalue weighted by molar-refractivity contribution is 0.0691. The molecule has 7 heteroatoms. The van der Waals surface area contributed by atoms with Crippen molar-refractivity contribution >= 4 is 5.97 Å². The van der Waals surface area contributed by atoms with Crippen LogP contribution < -0.4 is 0 Å². The number of aromatic carboxylic acids is 1. The first-order valence-corrected chi connectivity index (χ1v) is 7.11. The number of carboxylic acid groups (broad SMARTS) is 1. The molecule has 0 unspecified atom stereocenters. The fraction of sp³-hybridized carbons (Fsp3) is 0.571. The molecule has 0 aromatic carbocycles. The molecule has 2 aromatic heterocycles. The van der Waals surface area contributed by atoms with Crippen molar-refractivity contribution in [2.75, 3.05) is 0 Å². The number of aromatic nitrogens is 5. The minimum absolute atomic E-state index is 0.0129. The first-order valence-electron chi connectivity index (χ1n) is 7.11. The summed E-state index contributed by atoms with van der Waals surface area (Å²) < 4.78 is 3.49. The third-order valence-electron chi connectivity index (χ3n) is 3.93. The van der Waals surface area contributed by atoms with Crippen LogP contribution in [0.25, 0.3) is 11.3 Å². The number of nitrogens with zero attached hydrogens (tertiary/aromatic N) is 5. The third kappa shape index (κ3) is 2.43. The van der Waals surface area contributed by atoms with Crippen molar-refractivity contribution in [3.8, 4) is 11.3 Å². The Bertz CT molecular complexity index is 667. The van der Waals surface area contributed by atoms with Gasteiger partial charge in [-0.3, -0.25) is 4.68 Å². The summed E-state index contributed by atoms with van der Waals surface area (Å²) in [5, 5.41) is 21.8. The van der Waals surface area contributed by atoms with E-state index in [1.54, 1.807) is 9.36 Å². The molecule has 0 aliphatic rings. The van der Waals surface area contributed by atoms with Crippen LogP contribution >= 0.6 is 0 Å². The van der Waals surface area contributed by atoms with Crippen LogP contribution in [0.2, 0.25) is 0 Å². The van der Waals surface area contributed by atoms with E-state index in [0.717, 1.165) is 29.8 Å². The van der Waals surface area contributed by atoms with Gasteiger partial charge in [-0.05, 0) is 26.7 Å². The highest BCUT2D eigenvalue weighted by Gasteiger charge is 2.27. The number of hydrogen-bond acceptors (Lipinski definition) is 4. The molecular weight excluding hydrogens is 270 g/mol. The molecule has 2 rings (SSSR count). The minimum atomic E-state index is -1.06. The molecule has 0 spiro atoms. The van der Waals surface area contributed by atoms with E-state index >= 15 is 0 Å². The smallest absolute Gasteiger partial charge is 0.358 e. The van der Waals surface area contributed by atoms with Crippen molar-refractivity contribution in [3.05, 3.63) is 17.1 Å². The number of aryl methyl sites for hydroxylation is 2. The van der Waals surface area contributed by atoms with E-state index in [2.05, 4.69) is 29.3 Å². The SMILES string of the molecule is CCC(CC)n1nnc(C(=O)O)c1-c1c(C)nn(C)c1C. The molecule has 2 heterocycles. The Kier molecular flexibility index (Phi) is 4.11. The Hall–Kier alpha value is -2.18. The van der Waals surface area contributed by atoms with E-state index in [1.165, 1.54) is 0 Å². The average molecular weight is 291 g/mol. The number of hydrogen-bond donors (Lipinski definition) is 1. The van der Waals surface area contributed by atoms with Gasteiger partial charge >= 0.3 is 5.97 Å². The minimum Gasteiger partial charge on any atom is -0.476 e. The Morgan fingerprint density at radius 1 is 1.29 bits per heavy atom. The van der Waals surface area contributed by atoms with E-state index in [-0.39, 0.29) is 11.7 Å². The fourth-order valence-electron chi connectivity index (χ4n) is 2.68. The summed E-state index contributed by atoms with van der Waals surface area (Å²) in [4.78, 5) is 11.5. The van der Waals surface area contributed by atoms with Crippen LogP contribution in [-0.4, -0.2) is 35.9 Å². The van der Waals surface area contributed by atoms with Crippen molar-refractivity contribution in [3.63, 3.8) is 0 Å². The van der Waals surface area contributed by atoms with Crippen molar-refractivity contribution in [1.82, 2.24) is 24.8 Å². The van der Waals surface area contributed by atoms with Gasteiger partial charge in [0.15, 0.2) is 5.69 Å². The lowest BCUT2D eigenvalue weighted by atomic mass is 10.1. The molecule has 0 atom stereocenters. The zero-order valence-electron chi connectivity index (χ0n) is 13.1. The monoisotopic (exact) mass is 291 g/mol. The lowest BCUT2D eigenvalue weighted by Crippen LogP contribution is -2.12. The molecule has 21 heavy (non-hydrogen) atoms. The molecule has 0 aliphatic heterocycles. The predicted molar refractivity (Wildman–Crippen MR) is 78.3 cm³/mol. The van der Waals surface area contributed by atoms with Crippen LogP contribution in [0.4, 0.5) is 0 Å². The van der Waals surface area contributed by atoms with E-state index in [0.29, 0.717) is 5.69 Å². The van der Waals surface area contributed by atoms with Gasteiger partial charge in [-0.25, -0.2) is 9.48 Å². The zero-order chi connectivity index (χ0) is 15.7. The lowest BCUT2D eigenvalue weighted by Gasteiger charge is -2.16. The molecule has 114 valence electrons. The van der Waals surface area contributed by atoms with Crippen LogP contribution in [0, 0.1) is 13.8 Å². The Labute approximate surface area is 123 Å². The Morgan fingerprint density at radius 2 is 1.90 bits per heavy atom. The summed E-state index contributed by atoms with van der Waals surface area (Å²) in [6.45, 7) is 7.91. The van der Waals surface area contributed by atoms with Crippen LogP contribution in [0.1, 0.15) is 54.6 Å². The molecule has 0 aliphatic carbocycles.